The molecule has 0 fully saturated rings. The van der Waals surface area contributed by atoms with Gasteiger partial charge in [0.05, 0.1) is 25.8 Å². The normalized spacial score (nSPS) is 14.6. The minimum Gasteiger partial charge on any atom is -0.497 e. The summed E-state index contributed by atoms with van der Waals surface area (Å²) in [5, 5.41) is 12.5. The molecule has 5 rings (SSSR count). The summed E-state index contributed by atoms with van der Waals surface area (Å²) in [7, 11) is 3.20. The van der Waals surface area contributed by atoms with Crippen molar-refractivity contribution < 1.29 is 19.1 Å². The number of anilines is 2. The molecule has 0 saturated heterocycles. The summed E-state index contributed by atoms with van der Waals surface area (Å²) in [5.41, 5.74) is 3.04. The number of hydrogen-bond donors (Lipinski definition) is 2. The van der Waals surface area contributed by atoms with Gasteiger partial charge in [0, 0.05) is 23.7 Å². The highest BCUT2D eigenvalue weighted by molar-refractivity contribution is 6.06. The number of carbonyl (C=O) groups excluding carboxylic acids is 2. The predicted molar refractivity (Wildman–Crippen MR) is 130 cm³/mol. The van der Waals surface area contributed by atoms with Gasteiger partial charge in [-0.25, -0.2) is 4.68 Å². The van der Waals surface area contributed by atoms with Gasteiger partial charge in [0.25, 0.3) is 5.91 Å². The first-order chi connectivity index (χ1) is 16.6. The molecule has 0 saturated carbocycles. The fourth-order valence-corrected chi connectivity index (χ4v) is 4.33. The second kappa shape index (κ2) is 8.99. The lowest BCUT2D eigenvalue weighted by Gasteiger charge is -2.12. The molecule has 0 bridgehead atoms. The lowest BCUT2D eigenvalue weighted by Crippen LogP contribution is -2.24. The van der Waals surface area contributed by atoms with E-state index in [-0.39, 0.29) is 24.8 Å². The molecular weight excluding hydrogens is 432 g/mol. The van der Waals surface area contributed by atoms with E-state index in [9.17, 15) is 9.59 Å². The molecule has 1 unspecified atom stereocenters. The van der Waals surface area contributed by atoms with Crippen LogP contribution < -0.4 is 15.4 Å². The summed E-state index contributed by atoms with van der Waals surface area (Å²) in [4.78, 5) is 25.8. The molecule has 2 heterocycles. The standard InChI is InChI=1S/C26H24N4O4/c1-33-15-21-24(17-10-12-18(34-2)13-11-17)25-28-26(32)22(30(25)29-21)14-23(31)27-20-9-5-7-16-6-3-4-8-19(16)20/h3-13,22H,14-15H2,1-2H3,(H,27,31)(H,28,32). The maximum atomic E-state index is 13.0. The Morgan fingerprint density at radius 3 is 2.59 bits per heavy atom. The van der Waals surface area contributed by atoms with Crippen LogP contribution in [0.1, 0.15) is 18.2 Å². The van der Waals surface area contributed by atoms with Crippen molar-refractivity contribution in [1.82, 2.24) is 9.78 Å². The second-order valence-electron chi connectivity index (χ2n) is 8.06. The molecule has 1 aromatic heterocycles. The Bertz CT molecular complexity index is 1370. The molecule has 8 nitrogen and oxygen atoms in total. The monoisotopic (exact) mass is 456 g/mol. The van der Waals surface area contributed by atoms with Gasteiger partial charge in [0.15, 0.2) is 0 Å². The van der Waals surface area contributed by atoms with E-state index in [4.69, 9.17) is 9.47 Å². The van der Waals surface area contributed by atoms with Gasteiger partial charge in [-0.05, 0) is 29.1 Å². The average Bonchev–Trinajstić information content (AvgIpc) is 3.34. The molecule has 2 N–H and O–H groups in total. The topological polar surface area (TPSA) is 94.5 Å². The van der Waals surface area contributed by atoms with Gasteiger partial charge in [0.2, 0.25) is 5.91 Å². The maximum absolute atomic E-state index is 13.0. The van der Waals surface area contributed by atoms with Crippen LogP contribution in [-0.4, -0.2) is 35.8 Å². The zero-order valence-electron chi connectivity index (χ0n) is 18.9. The summed E-state index contributed by atoms with van der Waals surface area (Å²) in [6, 6.07) is 20.3. The summed E-state index contributed by atoms with van der Waals surface area (Å²) >= 11 is 0. The van der Waals surface area contributed by atoms with Crippen LogP contribution >= 0.6 is 0 Å². The average molecular weight is 457 g/mol. The highest BCUT2D eigenvalue weighted by Gasteiger charge is 2.37. The van der Waals surface area contributed by atoms with Crippen LogP contribution in [-0.2, 0) is 20.9 Å². The quantitative estimate of drug-likeness (QED) is 0.430. The van der Waals surface area contributed by atoms with E-state index in [1.807, 2.05) is 66.7 Å². The van der Waals surface area contributed by atoms with E-state index >= 15 is 0 Å². The largest absolute Gasteiger partial charge is 0.497 e. The Labute approximate surface area is 196 Å². The fourth-order valence-electron chi connectivity index (χ4n) is 4.33. The van der Waals surface area contributed by atoms with E-state index < -0.39 is 6.04 Å². The number of hydrogen-bond acceptors (Lipinski definition) is 5. The summed E-state index contributed by atoms with van der Waals surface area (Å²) in [5.74, 6) is 0.756. The molecule has 34 heavy (non-hydrogen) atoms. The number of rotatable bonds is 7. The van der Waals surface area contributed by atoms with Crippen molar-refractivity contribution in [1.29, 1.82) is 0 Å². The molecule has 3 aromatic carbocycles. The van der Waals surface area contributed by atoms with Crippen LogP contribution in [0.25, 0.3) is 21.9 Å². The molecule has 4 aromatic rings. The minimum absolute atomic E-state index is 0.0434. The Kier molecular flexibility index (Phi) is 5.73. The third-order valence-corrected chi connectivity index (χ3v) is 5.92. The first kappa shape index (κ1) is 21.7. The first-order valence-corrected chi connectivity index (χ1v) is 10.9. The van der Waals surface area contributed by atoms with E-state index in [1.165, 1.54) is 0 Å². The number of benzene rings is 3. The van der Waals surface area contributed by atoms with Crippen LogP contribution in [0, 0.1) is 0 Å². The number of nitrogens with zero attached hydrogens (tertiary/aromatic N) is 2. The third-order valence-electron chi connectivity index (χ3n) is 5.92. The highest BCUT2D eigenvalue weighted by atomic mass is 16.5. The molecule has 1 aliphatic heterocycles. The van der Waals surface area contributed by atoms with Crippen molar-refractivity contribution in [3.05, 3.63) is 72.4 Å². The summed E-state index contributed by atoms with van der Waals surface area (Å²) in [6.07, 6.45) is -0.0434. The van der Waals surface area contributed by atoms with Crippen LogP contribution in [0.3, 0.4) is 0 Å². The number of nitrogens with one attached hydrogen (secondary N) is 2. The number of methoxy groups -OCH3 is 2. The Balaban J connectivity index is 1.43. The van der Waals surface area contributed by atoms with Crippen molar-refractivity contribution >= 4 is 34.1 Å². The number of fused-ring (bicyclic) bond motifs is 2. The summed E-state index contributed by atoms with van der Waals surface area (Å²) < 4.78 is 12.2. The number of aromatic nitrogens is 2. The molecule has 172 valence electrons. The molecule has 1 atom stereocenters. The van der Waals surface area contributed by atoms with Gasteiger partial charge in [-0.15, -0.1) is 0 Å². The molecular formula is C26H24N4O4. The fraction of sp³-hybridized carbons (Fsp3) is 0.192. The Morgan fingerprint density at radius 2 is 1.82 bits per heavy atom. The molecule has 0 radical (unpaired) electrons. The third kappa shape index (κ3) is 3.88. The van der Waals surface area contributed by atoms with Gasteiger partial charge in [0.1, 0.15) is 17.6 Å². The molecule has 0 aliphatic carbocycles. The van der Waals surface area contributed by atoms with Gasteiger partial charge >= 0.3 is 0 Å². The zero-order valence-corrected chi connectivity index (χ0v) is 18.9. The summed E-state index contributed by atoms with van der Waals surface area (Å²) in [6.45, 7) is 0.270. The van der Waals surface area contributed by atoms with Gasteiger partial charge in [-0.3, -0.25) is 9.59 Å². The van der Waals surface area contributed by atoms with Crippen LogP contribution in [0.15, 0.2) is 66.7 Å². The van der Waals surface area contributed by atoms with Crippen molar-refractivity contribution in [2.24, 2.45) is 0 Å². The van der Waals surface area contributed by atoms with Gasteiger partial charge in [-0.1, -0.05) is 48.5 Å². The SMILES string of the molecule is COCc1nn2c(c1-c1ccc(OC)cc1)NC(=O)C2CC(=O)Nc1cccc2ccccc12. The Morgan fingerprint density at radius 1 is 1.06 bits per heavy atom. The number of ether oxygens (including phenoxy) is 2. The van der Waals surface area contributed by atoms with E-state index in [0.29, 0.717) is 17.2 Å². The molecule has 0 spiro atoms. The van der Waals surface area contributed by atoms with E-state index in [0.717, 1.165) is 27.6 Å². The van der Waals surface area contributed by atoms with E-state index in [2.05, 4.69) is 15.7 Å². The minimum atomic E-state index is -0.757. The smallest absolute Gasteiger partial charge is 0.251 e. The van der Waals surface area contributed by atoms with Crippen LogP contribution in [0.2, 0.25) is 0 Å². The van der Waals surface area contributed by atoms with Crippen molar-refractivity contribution in [2.45, 2.75) is 19.1 Å². The molecule has 8 heteroatoms. The first-order valence-electron chi connectivity index (χ1n) is 10.9. The van der Waals surface area contributed by atoms with E-state index in [1.54, 1.807) is 18.9 Å². The lowest BCUT2D eigenvalue weighted by molar-refractivity contribution is -0.123. The van der Waals surface area contributed by atoms with Gasteiger partial charge < -0.3 is 20.1 Å². The second-order valence-corrected chi connectivity index (χ2v) is 8.06. The van der Waals surface area contributed by atoms with Crippen LogP contribution in [0.5, 0.6) is 5.75 Å². The van der Waals surface area contributed by atoms with Crippen molar-refractivity contribution in [2.75, 3.05) is 24.9 Å². The lowest BCUT2D eigenvalue weighted by atomic mass is 10.1. The molecule has 1 aliphatic rings. The zero-order chi connectivity index (χ0) is 23.7. The van der Waals surface area contributed by atoms with Crippen molar-refractivity contribution in [3.63, 3.8) is 0 Å². The highest BCUT2D eigenvalue weighted by Crippen LogP contribution is 2.39. The molecule has 2 amide bonds. The maximum Gasteiger partial charge on any atom is 0.251 e. The van der Waals surface area contributed by atoms with Gasteiger partial charge in [-0.2, -0.15) is 5.10 Å². The predicted octanol–water partition coefficient (Wildman–Crippen LogP) is 4.38. The number of carbonyl (C=O) groups is 2. The van der Waals surface area contributed by atoms with Crippen molar-refractivity contribution in [3.8, 4) is 16.9 Å². The Hall–Kier alpha value is -4.17. The number of amides is 2. The van der Waals surface area contributed by atoms with Crippen LogP contribution in [0.4, 0.5) is 11.5 Å².